The van der Waals surface area contributed by atoms with E-state index in [0.717, 1.165) is 17.1 Å². The fourth-order valence-corrected chi connectivity index (χ4v) is 3.19. The minimum absolute atomic E-state index is 0.150. The summed E-state index contributed by atoms with van der Waals surface area (Å²) in [7, 11) is 3.29. The normalized spacial score (nSPS) is 12.3. The van der Waals surface area contributed by atoms with Gasteiger partial charge in [-0.15, -0.1) is 11.3 Å². The zero-order valence-corrected chi connectivity index (χ0v) is 12.5. The van der Waals surface area contributed by atoms with E-state index in [1.165, 1.54) is 15.3 Å². The third kappa shape index (κ3) is 2.91. The third-order valence-corrected chi connectivity index (χ3v) is 4.33. The van der Waals surface area contributed by atoms with E-state index in [4.69, 9.17) is 15.2 Å². The zero-order valence-electron chi connectivity index (χ0n) is 11.7. The quantitative estimate of drug-likeness (QED) is 0.931. The molecule has 0 fully saturated rings. The van der Waals surface area contributed by atoms with Crippen LogP contribution >= 0.6 is 11.3 Å². The van der Waals surface area contributed by atoms with Gasteiger partial charge in [0.25, 0.3) is 0 Å². The lowest BCUT2D eigenvalue weighted by Crippen LogP contribution is -2.11. The molecule has 1 aromatic heterocycles. The van der Waals surface area contributed by atoms with Crippen molar-refractivity contribution in [2.24, 2.45) is 5.73 Å². The molecular formula is C15H19NO2S. The summed E-state index contributed by atoms with van der Waals surface area (Å²) in [4.78, 5) is 2.46. The second-order valence-corrected chi connectivity index (χ2v) is 5.82. The molecule has 0 aliphatic heterocycles. The Kier molecular flexibility index (Phi) is 4.12. The highest BCUT2D eigenvalue weighted by Crippen LogP contribution is 2.33. The van der Waals surface area contributed by atoms with Gasteiger partial charge in [-0.3, -0.25) is 0 Å². The van der Waals surface area contributed by atoms with Gasteiger partial charge in [-0.2, -0.15) is 0 Å². The van der Waals surface area contributed by atoms with Crippen LogP contribution in [0.15, 0.2) is 24.3 Å². The molecule has 0 amide bonds. The van der Waals surface area contributed by atoms with Crippen LogP contribution in [0.3, 0.4) is 0 Å². The molecular weight excluding hydrogens is 258 g/mol. The number of benzene rings is 1. The lowest BCUT2D eigenvalue weighted by Gasteiger charge is -2.14. The van der Waals surface area contributed by atoms with Crippen molar-refractivity contribution in [2.75, 3.05) is 14.2 Å². The summed E-state index contributed by atoms with van der Waals surface area (Å²) in [5.74, 6) is 1.52. The summed E-state index contributed by atoms with van der Waals surface area (Å²) in [5.41, 5.74) is 8.61. The highest BCUT2D eigenvalue weighted by atomic mass is 32.1. The summed E-state index contributed by atoms with van der Waals surface area (Å²) in [5, 5.41) is 0. The molecule has 1 aromatic carbocycles. The minimum atomic E-state index is -0.150. The van der Waals surface area contributed by atoms with E-state index < -0.39 is 0 Å². The van der Waals surface area contributed by atoms with Crippen LogP contribution in [0.5, 0.6) is 11.5 Å². The molecule has 0 saturated carbocycles. The largest absolute Gasteiger partial charge is 0.497 e. The van der Waals surface area contributed by atoms with Gasteiger partial charge in [-0.25, -0.2) is 0 Å². The second-order valence-electron chi connectivity index (χ2n) is 4.53. The summed E-state index contributed by atoms with van der Waals surface area (Å²) >= 11 is 1.74. The van der Waals surface area contributed by atoms with Crippen LogP contribution in [-0.2, 0) is 0 Å². The monoisotopic (exact) mass is 277 g/mol. The van der Waals surface area contributed by atoms with Crippen molar-refractivity contribution < 1.29 is 9.47 Å². The zero-order chi connectivity index (χ0) is 14.0. The van der Waals surface area contributed by atoms with Crippen LogP contribution in [0.25, 0.3) is 0 Å². The van der Waals surface area contributed by atoms with Crippen molar-refractivity contribution >= 4 is 11.3 Å². The Morgan fingerprint density at radius 2 is 1.58 bits per heavy atom. The molecule has 2 rings (SSSR count). The fourth-order valence-electron chi connectivity index (χ4n) is 2.13. The number of hydrogen-bond donors (Lipinski definition) is 1. The number of nitrogens with two attached hydrogens (primary N) is 1. The van der Waals surface area contributed by atoms with E-state index in [1.807, 2.05) is 18.2 Å². The lowest BCUT2D eigenvalue weighted by atomic mass is 10.0. The highest BCUT2D eigenvalue weighted by Gasteiger charge is 2.16. The molecule has 3 nitrogen and oxygen atoms in total. The molecule has 19 heavy (non-hydrogen) atoms. The molecule has 1 atom stereocenters. The Morgan fingerprint density at radius 1 is 1.00 bits per heavy atom. The molecule has 0 spiro atoms. The van der Waals surface area contributed by atoms with Crippen LogP contribution in [0, 0.1) is 13.8 Å². The Labute approximate surface area is 118 Å². The van der Waals surface area contributed by atoms with E-state index in [9.17, 15) is 0 Å². The van der Waals surface area contributed by atoms with E-state index in [2.05, 4.69) is 19.9 Å². The van der Waals surface area contributed by atoms with Gasteiger partial charge in [0.1, 0.15) is 11.5 Å². The maximum Gasteiger partial charge on any atom is 0.122 e. The Balaban J connectivity index is 2.43. The van der Waals surface area contributed by atoms with Gasteiger partial charge in [0, 0.05) is 15.8 Å². The third-order valence-electron chi connectivity index (χ3n) is 3.09. The Bertz CT molecular complexity index is 555. The number of rotatable bonds is 4. The van der Waals surface area contributed by atoms with Crippen molar-refractivity contribution in [2.45, 2.75) is 19.9 Å². The maximum atomic E-state index is 6.38. The topological polar surface area (TPSA) is 44.5 Å². The average molecular weight is 277 g/mol. The van der Waals surface area contributed by atoms with Crippen molar-refractivity contribution in [3.05, 3.63) is 45.1 Å². The molecule has 102 valence electrons. The highest BCUT2D eigenvalue weighted by molar-refractivity contribution is 7.12. The van der Waals surface area contributed by atoms with Crippen molar-refractivity contribution in [3.8, 4) is 11.5 Å². The van der Waals surface area contributed by atoms with Crippen molar-refractivity contribution in [1.29, 1.82) is 0 Å². The Hall–Kier alpha value is -1.52. The molecule has 0 aliphatic carbocycles. The SMILES string of the molecule is COc1cc(OC)cc(C(N)c2sc(C)cc2C)c1. The fraction of sp³-hybridized carbons (Fsp3) is 0.333. The van der Waals surface area contributed by atoms with Crippen LogP contribution < -0.4 is 15.2 Å². The lowest BCUT2D eigenvalue weighted by molar-refractivity contribution is 0.393. The second kappa shape index (κ2) is 5.63. The summed E-state index contributed by atoms with van der Waals surface area (Å²) in [6, 6.07) is 7.78. The first kappa shape index (κ1) is 13.9. The van der Waals surface area contributed by atoms with E-state index >= 15 is 0 Å². The average Bonchev–Trinajstić information content (AvgIpc) is 2.76. The molecule has 4 heteroatoms. The van der Waals surface area contributed by atoms with Gasteiger partial charge in [0.15, 0.2) is 0 Å². The van der Waals surface area contributed by atoms with Crippen LogP contribution in [0.1, 0.15) is 26.9 Å². The van der Waals surface area contributed by atoms with Gasteiger partial charge >= 0.3 is 0 Å². The van der Waals surface area contributed by atoms with E-state index in [-0.39, 0.29) is 6.04 Å². The number of hydrogen-bond acceptors (Lipinski definition) is 4. The molecule has 1 heterocycles. The van der Waals surface area contributed by atoms with Crippen LogP contribution in [0.4, 0.5) is 0 Å². The summed E-state index contributed by atoms with van der Waals surface area (Å²) < 4.78 is 10.6. The number of aryl methyl sites for hydroxylation is 2. The predicted octanol–water partition coefficient (Wildman–Crippen LogP) is 3.43. The standard InChI is InChI=1S/C15H19NO2S/c1-9-5-10(2)19-15(9)14(16)11-6-12(17-3)8-13(7-11)18-4/h5-8,14H,16H2,1-4H3. The first-order valence-electron chi connectivity index (χ1n) is 6.10. The van der Waals surface area contributed by atoms with Crippen molar-refractivity contribution in [1.82, 2.24) is 0 Å². The van der Waals surface area contributed by atoms with Gasteiger partial charge < -0.3 is 15.2 Å². The molecule has 2 aromatic rings. The number of thiophene rings is 1. The molecule has 0 aliphatic rings. The molecule has 0 saturated heterocycles. The van der Waals surface area contributed by atoms with Gasteiger partial charge in [0.05, 0.1) is 20.3 Å². The number of methoxy groups -OCH3 is 2. The summed E-state index contributed by atoms with van der Waals surface area (Å²) in [6.07, 6.45) is 0. The van der Waals surface area contributed by atoms with Gasteiger partial charge in [-0.1, -0.05) is 0 Å². The number of ether oxygens (including phenoxy) is 2. The van der Waals surface area contributed by atoms with Crippen LogP contribution in [-0.4, -0.2) is 14.2 Å². The van der Waals surface area contributed by atoms with Crippen LogP contribution in [0.2, 0.25) is 0 Å². The molecule has 2 N–H and O–H groups in total. The van der Waals surface area contributed by atoms with Gasteiger partial charge in [-0.05, 0) is 43.2 Å². The van der Waals surface area contributed by atoms with Crippen molar-refractivity contribution in [3.63, 3.8) is 0 Å². The molecule has 0 radical (unpaired) electrons. The Morgan fingerprint density at radius 3 is 2.00 bits per heavy atom. The first-order valence-corrected chi connectivity index (χ1v) is 6.92. The first-order chi connectivity index (χ1) is 9.05. The summed E-state index contributed by atoms with van der Waals surface area (Å²) in [6.45, 7) is 4.19. The van der Waals surface area contributed by atoms with Gasteiger partial charge in [0.2, 0.25) is 0 Å². The minimum Gasteiger partial charge on any atom is -0.497 e. The van der Waals surface area contributed by atoms with E-state index in [0.29, 0.717) is 0 Å². The smallest absolute Gasteiger partial charge is 0.122 e. The molecule has 0 bridgehead atoms. The van der Waals surface area contributed by atoms with E-state index in [1.54, 1.807) is 25.6 Å². The molecule has 1 unspecified atom stereocenters. The predicted molar refractivity (Wildman–Crippen MR) is 79.4 cm³/mol. The maximum absolute atomic E-state index is 6.38.